The molecule has 0 spiro atoms. The average molecular weight is 243 g/mol. The Morgan fingerprint density at radius 2 is 2.06 bits per heavy atom. The van der Waals surface area contributed by atoms with Crippen LogP contribution in [-0.2, 0) is 18.3 Å². The number of carbonyl (C=O) groups excluding carboxylic acids is 1. The van der Waals surface area contributed by atoms with Gasteiger partial charge in [0.05, 0.1) is 5.52 Å². The van der Waals surface area contributed by atoms with Crippen molar-refractivity contribution in [2.24, 2.45) is 7.05 Å². The number of benzene rings is 1. The molecule has 2 aromatic rings. The van der Waals surface area contributed by atoms with Gasteiger partial charge < -0.3 is 9.36 Å². The van der Waals surface area contributed by atoms with Crippen molar-refractivity contribution in [1.29, 1.82) is 0 Å². The lowest BCUT2D eigenvalue weighted by Crippen LogP contribution is -2.22. The molecule has 3 heteroatoms. The zero-order valence-corrected chi connectivity index (χ0v) is 11.0. The van der Waals surface area contributed by atoms with Crippen molar-refractivity contribution in [2.45, 2.75) is 26.7 Å². The van der Waals surface area contributed by atoms with Crippen molar-refractivity contribution in [1.82, 2.24) is 4.57 Å². The Kier molecular flexibility index (Phi) is 3.32. The first-order valence-electron chi connectivity index (χ1n) is 6.08. The number of hydrogen-bond acceptors (Lipinski definition) is 2. The molecule has 0 radical (unpaired) electrons. The van der Waals surface area contributed by atoms with Gasteiger partial charge in [-0.3, -0.25) is 4.79 Å². The molecule has 2 rings (SSSR count). The van der Waals surface area contributed by atoms with E-state index < -0.39 is 0 Å². The summed E-state index contributed by atoms with van der Waals surface area (Å²) in [7, 11) is 1.79. The van der Waals surface area contributed by atoms with Crippen LogP contribution in [0.15, 0.2) is 29.1 Å². The van der Waals surface area contributed by atoms with Crippen LogP contribution in [0.1, 0.15) is 24.5 Å². The molecule has 0 saturated carbocycles. The van der Waals surface area contributed by atoms with Crippen molar-refractivity contribution in [2.75, 3.05) is 0 Å². The van der Waals surface area contributed by atoms with Gasteiger partial charge in [0.1, 0.15) is 5.78 Å². The summed E-state index contributed by atoms with van der Waals surface area (Å²) in [6, 6.07) is 7.89. The summed E-state index contributed by atoms with van der Waals surface area (Å²) < 4.78 is 1.68. The Labute approximate surface area is 106 Å². The molecule has 0 bridgehead atoms. The number of Topliss-reactive ketones (excluding diaryl/α,β-unsaturated/α-hetero) is 1. The molecule has 0 saturated heterocycles. The third-order valence-corrected chi connectivity index (χ3v) is 3.26. The van der Waals surface area contributed by atoms with Gasteiger partial charge in [0, 0.05) is 19.0 Å². The second kappa shape index (κ2) is 4.77. The normalized spacial score (nSPS) is 10.8. The highest BCUT2D eigenvalue weighted by Crippen LogP contribution is 2.17. The van der Waals surface area contributed by atoms with Crippen molar-refractivity contribution >= 4 is 16.7 Å². The summed E-state index contributed by atoms with van der Waals surface area (Å²) in [5.74, 6) is 0.112. The van der Waals surface area contributed by atoms with Crippen LogP contribution in [0.3, 0.4) is 0 Å². The lowest BCUT2D eigenvalue weighted by atomic mass is 10.0. The number of ketones is 1. The summed E-state index contributed by atoms with van der Waals surface area (Å²) in [6.45, 7) is 3.55. The van der Waals surface area contributed by atoms with Gasteiger partial charge in [-0.25, -0.2) is 0 Å². The number of hydrogen-bond donors (Lipinski definition) is 0. The maximum absolute atomic E-state index is 12.2. The minimum Gasteiger partial charge on any atom is -0.311 e. The molecule has 0 aliphatic carbocycles. The Morgan fingerprint density at radius 1 is 1.33 bits per heavy atom. The summed E-state index contributed by atoms with van der Waals surface area (Å²) in [4.78, 5) is 23.2. The number of pyridine rings is 1. The molecule has 1 aromatic heterocycles. The Hall–Kier alpha value is -1.90. The molecule has 0 amide bonds. The van der Waals surface area contributed by atoms with Crippen LogP contribution in [0, 0.1) is 6.92 Å². The molecule has 0 aliphatic rings. The Bertz CT molecular complexity index is 668. The van der Waals surface area contributed by atoms with Crippen molar-refractivity contribution in [3.8, 4) is 0 Å². The molecular weight excluding hydrogens is 226 g/mol. The number of aromatic nitrogens is 1. The fourth-order valence-electron chi connectivity index (χ4n) is 2.31. The van der Waals surface area contributed by atoms with Crippen molar-refractivity contribution < 1.29 is 4.79 Å². The topological polar surface area (TPSA) is 39.1 Å². The molecule has 18 heavy (non-hydrogen) atoms. The third kappa shape index (κ3) is 2.21. The van der Waals surface area contributed by atoms with E-state index >= 15 is 0 Å². The first-order valence-corrected chi connectivity index (χ1v) is 6.08. The first kappa shape index (κ1) is 12.6. The number of aryl methyl sites for hydroxylation is 3. The van der Waals surface area contributed by atoms with E-state index in [0.717, 1.165) is 16.5 Å². The van der Waals surface area contributed by atoms with E-state index in [9.17, 15) is 9.59 Å². The smallest absolute Gasteiger partial charge is 0.253 e. The molecule has 0 fully saturated rings. The van der Waals surface area contributed by atoms with Gasteiger partial charge in [0.25, 0.3) is 5.56 Å². The highest BCUT2D eigenvalue weighted by molar-refractivity contribution is 5.83. The molecule has 1 aromatic carbocycles. The molecule has 0 N–H and O–H groups in total. The second-order valence-electron chi connectivity index (χ2n) is 4.75. The molecule has 0 unspecified atom stereocenters. The van der Waals surface area contributed by atoms with E-state index in [1.54, 1.807) is 18.5 Å². The van der Waals surface area contributed by atoms with Gasteiger partial charge >= 0.3 is 0 Å². The van der Waals surface area contributed by atoms with E-state index in [1.807, 2.05) is 31.2 Å². The van der Waals surface area contributed by atoms with Crippen LogP contribution >= 0.6 is 0 Å². The Morgan fingerprint density at radius 3 is 2.72 bits per heavy atom. The second-order valence-corrected chi connectivity index (χ2v) is 4.75. The lowest BCUT2D eigenvalue weighted by Gasteiger charge is -2.10. The summed E-state index contributed by atoms with van der Waals surface area (Å²) in [5, 5.41) is 1.05. The largest absolute Gasteiger partial charge is 0.311 e. The fourth-order valence-corrected chi connectivity index (χ4v) is 2.31. The SMILES string of the molecule is CC(=O)CCc1cc2cccc(C)c2n(C)c1=O. The van der Waals surface area contributed by atoms with Gasteiger partial charge in [-0.1, -0.05) is 18.2 Å². The van der Waals surface area contributed by atoms with Crippen LogP contribution < -0.4 is 5.56 Å². The molecule has 94 valence electrons. The standard InChI is InChI=1S/C15H17NO2/c1-10-5-4-6-12-9-13(8-7-11(2)17)15(18)16(3)14(10)12/h4-6,9H,7-8H2,1-3H3. The first-order chi connectivity index (χ1) is 8.50. The zero-order chi connectivity index (χ0) is 13.3. The molecule has 1 heterocycles. The molecular formula is C15H17NO2. The zero-order valence-electron chi connectivity index (χ0n) is 11.0. The lowest BCUT2D eigenvalue weighted by molar-refractivity contribution is -0.116. The number of nitrogens with zero attached hydrogens (tertiary/aromatic N) is 1. The average Bonchev–Trinajstić information content (AvgIpc) is 2.31. The minimum absolute atomic E-state index is 0.00181. The summed E-state index contributed by atoms with van der Waals surface area (Å²) in [6.07, 6.45) is 0.943. The molecule has 3 nitrogen and oxygen atoms in total. The maximum atomic E-state index is 12.2. The quantitative estimate of drug-likeness (QED) is 0.830. The summed E-state index contributed by atoms with van der Waals surface area (Å²) in [5.41, 5.74) is 2.77. The van der Waals surface area contributed by atoms with Crippen LogP contribution in [0.5, 0.6) is 0 Å². The van der Waals surface area contributed by atoms with Gasteiger partial charge in [-0.05, 0) is 37.3 Å². The predicted octanol–water partition coefficient (Wildman–Crippen LogP) is 2.37. The van der Waals surface area contributed by atoms with Gasteiger partial charge in [0.15, 0.2) is 0 Å². The van der Waals surface area contributed by atoms with E-state index in [-0.39, 0.29) is 11.3 Å². The van der Waals surface area contributed by atoms with E-state index in [1.165, 1.54) is 0 Å². The van der Waals surface area contributed by atoms with Crippen LogP contribution in [0.25, 0.3) is 10.9 Å². The van der Waals surface area contributed by atoms with Crippen molar-refractivity contribution in [3.05, 3.63) is 45.7 Å². The third-order valence-electron chi connectivity index (χ3n) is 3.26. The Balaban J connectivity index is 2.61. The molecule has 0 atom stereocenters. The van der Waals surface area contributed by atoms with Crippen molar-refractivity contribution in [3.63, 3.8) is 0 Å². The maximum Gasteiger partial charge on any atom is 0.253 e. The van der Waals surface area contributed by atoms with Gasteiger partial charge in [-0.2, -0.15) is 0 Å². The molecule has 0 aliphatic heterocycles. The van der Waals surface area contributed by atoms with Gasteiger partial charge in [-0.15, -0.1) is 0 Å². The number of fused-ring (bicyclic) bond motifs is 1. The predicted molar refractivity (Wildman–Crippen MR) is 72.9 cm³/mol. The summed E-state index contributed by atoms with van der Waals surface area (Å²) >= 11 is 0. The van der Waals surface area contributed by atoms with E-state index in [4.69, 9.17) is 0 Å². The van der Waals surface area contributed by atoms with E-state index in [0.29, 0.717) is 18.4 Å². The minimum atomic E-state index is -0.00181. The fraction of sp³-hybridized carbons (Fsp3) is 0.333. The number of rotatable bonds is 3. The number of carbonyl (C=O) groups is 1. The highest BCUT2D eigenvalue weighted by atomic mass is 16.1. The van der Waals surface area contributed by atoms with Crippen LogP contribution in [0.4, 0.5) is 0 Å². The van der Waals surface area contributed by atoms with E-state index in [2.05, 4.69) is 0 Å². The number of para-hydroxylation sites is 1. The van der Waals surface area contributed by atoms with Gasteiger partial charge in [0.2, 0.25) is 0 Å². The highest BCUT2D eigenvalue weighted by Gasteiger charge is 2.08. The van der Waals surface area contributed by atoms with Crippen LogP contribution in [-0.4, -0.2) is 10.4 Å². The van der Waals surface area contributed by atoms with Crippen LogP contribution in [0.2, 0.25) is 0 Å². The monoisotopic (exact) mass is 243 g/mol.